The maximum Gasteiger partial charge on any atom is 0.230 e. The highest BCUT2D eigenvalue weighted by Gasteiger charge is 2.24. The third-order valence-corrected chi connectivity index (χ3v) is 4.37. The molecule has 1 saturated carbocycles. The van der Waals surface area contributed by atoms with Crippen molar-refractivity contribution >= 4 is 5.88 Å². The number of nitrogen functional groups attached to an aromatic ring is 1. The van der Waals surface area contributed by atoms with Crippen molar-refractivity contribution < 1.29 is 9.26 Å². The molecule has 0 radical (unpaired) electrons. The summed E-state index contributed by atoms with van der Waals surface area (Å²) < 4.78 is 10.5. The van der Waals surface area contributed by atoms with E-state index >= 15 is 0 Å². The zero-order valence-electron chi connectivity index (χ0n) is 12.5. The van der Waals surface area contributed by atoms with E-state index in [2.05, 4.69) is 5.16 Å². The van der Waals surface area contributed by atoms with Crippen molar-refractivity contribution in [3.63, 3.8) is 0 Å². The Balaban J connectivity index is 1.95. The number of benzene rings is 1. The predicted molar refractivity (Wildman–Crippen MR) is 83.3 cm³/mol. The van der Waals surface area contributed by atoms with Gasteiger partial charge in [0.05, 0.1) is 18.4 Å². The van der Waals surface area contributed by atoms with E-state index in [9.17, 15) is 0 Å². The molecule has 3 rings (SSSR count). The maximum absolute atomic E-state index is 6.03. The third kappa shape index (κ3) is 2.89. The second kappa shape index (κ2) is 6.20. The lowest BCUT2D eigenvalue weighted by atomic mass is 9.91. The van der Waals surface area contributed by atoms with Crippen molar-refractivity contribution in [2.24, 2.45) is 0 Å². The summed E-state index contributed by atoms with van der Waals surface area (Å²) >= 11 is 0. The zero-order chi connectivity index (χ0) is 14.7. The van der Waals surface area contributed by atoms with E-state index in [1.165, 1.54) is 38.5 Å². The fourth-order valence-electron chi connectivity index (χ4n) is 3.20. The number of hydrogen-bond acceptors (Lipinski definition) is 4. The van der Waals surface area contributed by atoms with E-state index in [1.807, 2.05) is 24.3 Å². The number of hydrogen-bond donors (Lipinski definition) is 1. The molecular weight excluding hydrogens is 264 g/mol. The topological polar surface area (TPSA) is 61.3 Å². The van der Waals surface area contributed by atoms with Gasteiger partial charge in [-0.25, -0.2) is 0 Å². The minimum atomic E-state index is 0.416. The highest BCUT2D eigenvalue weighted by Crippen LogP contribution is 2.39. The van der Waals surface area contributed by atoms with Crippen molar-refractivity contribution in [3.05, 3.63) is 30.0 Å². The van der Waals surface area contributed by atoms with Gasteiger partial charge in [0.2, 0.25) is 5.88 Å². The van der Waals surface area contributed by atoms with Gasteiger partial charge in [-0.3, -0.25) is 0 Å². The van der Waals surface area contributed by atoms with Crippen LogP contribution in [0.2, 0.25) is 0 Å². The van der Waals surface area contributed by atoms with Gasteiger partial charge in [-0.1, -0.05) is 43.0 Å². The second-order valence-electron chi connectivity index (χ2n) is 5.72. The second-order valence-corrected chi connectivity index (χ2v) is 5.72. The molecule has 1 aliphatic rings. The smallest absolute Gasteiger partial charge is 0.230 e. The zero-order valence-corrected chi connectivity index (χ0v) is 12.5. The van der Waals surface area contributed by atoms with Crippen LogP contribution in [0.1, 0.15) is 50.1 Å². The first-order chi connectivity index (χ1) is 10.3. The SMILES string of the molecule is COc1ccc(-c2c(C3CCCCCC3)noc2N)cc1. The average molecular weight is 286 g/mol. The minimum absolute atomic E-state index is 0.416. The Morgan fingerprint density at radius 3 is 2.38 bits per heavy atom. The van der Waals surface area contributed by atoms with Crippen LogP contribution in [-0.2, 0) is 0 Å². The molecular formula is C17H22N2O2. The Labute approximate surface area is 125 Å². The highest BCUT2D eigenvalue weighted by atomic mass is 16.5. The minimum Gasteiger partial charge on any atom is -0.497 e. The summed E-state index contributed by atoms with van der Waals surface area (Å²) in [7, 11) is 1.67. The summed E-state index contributed by atoms with van der Waals surface area (Å²) in [5.41, 5.74) is 9.07. The van der Waals surface area contributed by atoms with Crippen molar-refractivity contribution in [2.45, 2.75) is 44.4 Å². The van der Waals surface area contributed by atoms with Gasteiger partial charge in [0.15, 0.2) is 0 Å². The van der Waals surface area contributed by atoms with Crippen LogP contribution >= 0.6 is 0 Å². The average Bonchev–Trinajstić information content (AvgIpc) is 2.74. The highest BCUT2D eigenvalue weighted by molar-refractivity contribution is 5.75. The fourth-order valence-corrected chi connectivity index (χ4v) is 3.20. The van der Waals surface area contributed by atoms with Gasteiger partial charge in [-0.05, 0) is 30.5 Å². The van der Waals surface area contributed by atoms with Gasteiger partial charge in [-0.15, -0.1) is 0 Å². The number of methoxy groups -OCH3 is 1. The molecule has 4 heteroatoms. The Kier molecular flexibility index (Phi) is 4.13. The van der Waals surface area contributed by atoms with E-state index in [-0.39, 0.29) is 0 Å². The van der Waals surface area contributed by atoms with Gasteiger partial charge < -0.3 is 15.0 Å². The largest absolute Gasteiger partial charge is 0.497 e. The number of ether oxygens (including phenoxy) is 1. The van der Waals surface area contributed by atoms with Crippen molar-refractivity contribution in [1.82, 2.24) is 5.16 Å². The van der Waals surface area contributed by atoms with Crippen molar-refractivity contribution in [3.8, 4) is 16.9 Å². The van der Waals surface area contributed by atoms with Crippen LogP contribution in [0.15, 0.2) is 28.8 Å². The monoisotopic (exact) mass is 286 g/mol. The number of anilines is 1. The number of nitrogens with two attached hydrogens (primary N) is 1. The van der Waals surface area contributed by atoms with E-state index in [1.54, 1.807) is 7.11 Å². The third-order valence-electron chi connectivity index (χ3n) is 4.37. The standard InChI is InChI=1S/C17H22N2O2/c1-20-14-10-8-12(9-11-14)15-16(19-21-17(15)18)13-6-4-2-3-5-7-13/h8-11,13H,2-7,18H2,1H3. The van der Waals surface area contributed by atoms with Crippen LogP contribution in [0.3, 0.4) is 0 Å². The molecule has 0 spiro atoms. The molecule has 1 aromatic heterocycles. The number of nitrogens with zero attached hydrogens (tertiary/aromatic N) is 1. The van der Waals surface area contributed by atoms with E-state index in [4.69, 9.17) is 15.0 Å². The molecule has 2 aromatic rings. The van der Waals surface area contributed by atoms with Gasteiger partial charge in [0.1, 0.15) is 5.75 Å². The fraction of sp³-hybridized carbons (Fsp3) is 0.471. The normalized spacial score (nSPS) is 16.6. The van der Waals surface area contributed by atoms with Gasteiger partial charge >= 0.3 is 0 Å². The lowest BCUT2D eigenvalue weighted by molar-refractivity contribution is 0.413. The molecule has 1 heterocycles. The quantitative estimate of drug-likeness (QED) is 0.851. The summed E-state index contributed by atoms with van der Waals surface area (Å²) in [6.07, 6.45) is 7.52. The first-order valence-corrected chi connectivity index (χ1v) is 7.69. The Morgan fingerprint density at radius 2 is 1.76 bits per heavy atom. The van der Waals surface area contributed by atoms with Crippen LogP contribution in [0.25, 0.3) is 11.1 Å². The van der Waals surface area contributed by atoms with Crippen LogP contribution in [0.5, 0.6) is 5.75 Å². The number of aromatic nitrogens is 1. The molecule has 0 aliphatic heterocycles. The summed E-state index contributed by atoms with van der Waals surface area (Å²) in [5.74, 6) is 1.72. The maximum atomic E-state index is 6.03. The van der Waals surface area contributed by atoms with Crippen molar-refractivity contribution in [2.75, 3.05) is 12.8 Å². The molecule has 0 atom stereocenters. The Hall–Kier alpha value is -1.97. The Morgan fingerprint density at radius 1 is 1.10 bits per heavy atom. The molecule has 0 unspecified atom stereocenters. The lowest BCUT2D eigenvalue weighted by Gasteiger charge is -2.13. The van der Waals surface area contributed by atoms with Gasteiger partial charge in [-0.2, -0.15) is 0 Å². The molecule has 0 saturated heterocycles. The van der Waals surface area contributed by atoms with Crippen LogP contribution in [-0.4, -0.2) is 12.3 Å². The number of rotatable bonds is 3. The Bertz CT molecular complexity index is 581. The first kappa shape index (κ1) is 14.0. The first-order valence-electron chi connectivity index (χ1n) is 7.69. The van der Waals surface area contributed by atoms with Gasteiger partial charge in [0, 0.05) is 5.92 Å². The van der Waals surface area contributed by atoms with Gasteiger partial charge in [0.25, 0.3) is 0 Å². The van der Waals surface area contributed by atoms with E-state index < -0.39 is 0 Å². The molecule has 2 N–H and O–H groups in total. The summed E-state index contributed by atoms with van der Waals surface area (Å²) in [6, 6.07) is 7.92. The summed E-state index contributed by atoms with van der Waals surface area (Å²) in [6.45, 7) is 0. The van der Waals surface area contributed by atoms with E-state index in [0.717, 1.165) is 22.6 Å². The summed E-state index contributed by atoms with van der Waals surface area (Å²) in [4.78, 5) is 0. The molecule has 1 aromatic carbocycles. The van der Waals surface area contributed by atoms with Crippen LogP contribution < -0.4 is 10.5 Å². The van der Waals surface area contributed by atoms with E-state index in [0.29, 0.717) is 11.8 Å². The molecule has 0 bridgehead atoms. The van der Waals surface area contributed by atoms with Crippen molar-refractivity contribution in [1.29, 1.82) is 0 Å². The molecule has 21 heavy (non-hydrogen) atoms. The lowest BCUT2D eigenvalue weighted by Crippen LogP contribution is -2.00. The van der Waals surface area contributed by atoms with Crippen LogP contribution in [0, 0.1) is 0 Å². The molecule has 0 amide bonds. The summed E-state index contributed by atoms with van der Waals surface area (Å²) in [5, 5.41) is 4.27. The molecule has 112 valence electrons. The molecule has 1 aliphatic carbocycles. The van der Waals surface area contributed by atoms with Crippen LogP contribution in [0.4, 0.5) is 5.88 Å². The molecule has 4 nitrogen and oxygen atoms in total. The molecule has 1 fully saturated rings. The predicted octanol–water partition coefficient (Wildman–Crippen LogP) is 4.37.